The summed E-state index contributed by atoms with van der Waals surface area (Å²) in [5.74, 6) is 6.61. The Labute approximate surface area is 166 Å². The van der Waals surface area contributed by atoms with Gasteiger partial charge in [-0.15, -0.1) is 0 Å². The molecular formula is C22H26N4O2. The number of piperazine rings is 1. The molecule has 0 saturated carbocycles. The fourth-order valence-electron chi connectivity index (χ4n) is 3.08. The van der Waals surface area contributed by atoms with Crippen LogP contribution in [0.2, 0.25) is 0 Å². The van der Waals surface area contributed by atoms with Gasteiger partial charge in [-0.1, -0.05) is 17.9 Å². The van der Waals surface area contributed by atoms with Gasteiger partial charge in [-0.2, -0.15) is 0 Å². The predicted molar refractivity (Wildman–Crippen MR) is 109 cm³/mol. The van der Waals surface area contributed by atoms with Crippen molar-refractivity contribution < 1.29 is 9.90 Å². The molecule has 2 aromatic rings. The first kappa shape index (κ1) is 19.8. The van der Waals surface area contributed by atoms with E-state index in [0.29, 0.717) is 18.7 Å². The van der Waals surface area contributed by atoms with Crippen LogP contribution in [0.4, 0.5) is 5.82 Å². The predicted octanol–water partition coefficient (Wildman–Crippen LogP) is 2.18. The number of benzene rings is 1. The topological polar surface area (TPSA) is 69.6 Å². The molecule has 0 bridgehead atoms. The molecule has 28 heavy (non-hydrogen) atoms. The van der Waals surface area contributed by atoms with Crippen LogP contribution in [0.3, 0.4) is 0 Å². The van der Waals surface area contributed by atoms with E-state index in [1.807, 2.05) is 30.9 Å². The summed E-state index contributed by atoms with van der Waals surface area (Å²) in [7, 11) is 0. The van der Waals surface area contributed by atoms with E-state index in [0.717, 1.165) is 35.9 Å². The zero-order chi connectivity index (χ0) is 20.3. The number of rotatable bonds is 2. The van der Waals surface area contributed by atoms with E-state index in [-0.39, 0.29) is 5.91 Å². The van der Waals surface area contributed by atoms with Crippen LogP contribution < -0.4 is 4.90 Å². The number of aliphatic hydroxyl groups is 1. The SMILES string of the molecule is Cc1cnc(C)c(N2CCN(C(=O)c3cccc(C#CC(C)(C)O)c3)CC2)n1. The first-order valence-electron chi connectivity index (χ1n) is 9.43. The van der Waals surface area contributed by atoms with Crippen molar-refractivity contribution >= 4 is 11.7 Å². The Morgan fingerprint density at radius 1 is 1.18 bits per heavy atom. The molecule has 0 atom stereocenters. The van der Waals surface area contributed by atoms with Gasteiger partial charge in [-0.25, -0.2) is 4.98 Å². The van der Waals surface area contributed by atoms with Crippen LogP contribution in [0.15, 0.2) is 30.5 Å². The molecule has 1 fully saturated rings. The Hall–Kier alpha value is -2.91. The van der Waals surface area contributed by atoms with E-state index < -0.39 is 5.60 Å². The summed E-state index contributed by atoms with van der Waals surface area (Å²) >= 11 is 0. The standard InChI is InChI=1S/C22H26N4O2/c1-16-15-23-17(2)20(24-16)25-10-12-26(13-11-25)21(27)19-7-5-6-18(14-19)8-9-22(3,4)28/h5-7,14-15,28H,10-13H2,1-4H3. The third kappa shape index (κ3) is 4.87. The van der Waals surface area contributed by atoms with E-state index in [1.165, 1.54) is 0 Å². The number of aryl methyl sites for hydroxylation is 2. The largest absolute Gasteiger partial charge is 0.378 e. The van der Waals surface area contributed by atoms with Crippen LogP contribution in [-0.4, -0.2) is 57.7 Å². The summed E-state index contributed by atoms with van der Waals surface area (Å²) in [5, 5.41) is 9.75. The smallest absolute Gasteiger partial charge is 0.254 e. The van der Waals surface area contributed by atoms with Gasteiger partial charge >= 0.3 is 0 Å². The summed E-state index contributed by atoms with van der Waals surface area (Å²) in [5.41, 5.74) is 2.07. The molecule has 3 rings (SSSR count). The second-order valence-electron chi connectivity index (χ2n) is 7.59. The molecule has 1 N–H and O–H groups in total. The molecule has 0 aliphatic carbocycles. The lowest BCUT2D eigenvalue weighted by atomic mass is 10.1. The average Bonchev–Trinajstić information content (AvgIpc) is 2.67. The van der Waals surface area contributed by atoms with Gasteiger partial charge in [-0.05, 0) is 45.9 Å². The summed E-state index contributed by atoms with van der Waals surface area (Å²) in [6.45, 7) is 9.87. The van der Waals surface area contributed by atoms with Crippen molar-refractivity contribution in [2.75, 3.05) is 31.1 Å². The molecule has 1 aromatic heterocycles. The lowest BCUT2D eigenvalue weighted by Crippen LogP contribution is -2.49. The van der Waals surface area contributed by atoms with E-state index in [2.05, 4.69) is 26.7 Å². The molecule has 0 unspecified atom stereocenters. The Morgan fingerprint density at radius 2 is 1.89 bits per heavy atom. The first-order valence-corrected chi connectivity index (χ1v) is 9.43. The number of carbonyl (C=O) groups is 1. The van der Waals surface area contributed by atoms with Gasteiger partial charge in [0, 0.05) is 43.5 Å². The Bertz CT molecular complexity index is 930. The van der Waals surface area contributed by atoms with Crippen LogP contribution in [0.5, 0.6) is 0 Å². The zero-order valence-corrected chi connectivity index (χ0v) is 16.9. The number of nitrogens with zero attached hydrogens (tertiary/aromatic N) is 4. The van der Waals surface area contributed by atoms with Gasteiger partial charge in [0.05, 0.1) is 11.4 Å². The molecule has 0 radical (unpaired) electrons. The minimum atomic E-state index is -1.06. The Balaban J connectivity index is 1.68. The van der Waals surface area contributed by atoms with Gasteiger partial charge < -0.3 is 14.9 Å². The maximum absolute atomic E-state index is 12.9. The van der Waals surface area contributed by atoms with Crippen molar-refractivity contribution in [3.63, 3.8) is 0 Å². The van der Waals surface area contributed by atoms with Crippen molar-refractivity contribution in [2.45, 2.75) is 33.3 Å². The van der Waals surface area contributed by atoms with Crippen molar-refractivity contribution in [3.05, 3.63) is 53.0 Å². The minimum absolute atomic E-state index is 0.00129. The molecule has 1 aliphatic rings. The van der Waals surface area contributed by atoms with Gasteiger partial charge in [-0.3, -0.25) is 9.78 Å². The monoisotopic (exact) mass is 378 g/mol. The van der Waals surface area contributed by atoms with Crippen molar-refractivity contribution in [1.29, 1.82) is 0 Å². The fraction of sp³-hybridized carbons (Fsp3) is 0.409. The summed E-state index contributed by atoms with van der Waals surface area (Å²) in [6.07, 6.45) is 1.77. The first-order chi connectivity index (χ1) is 13.2. The number of anilines is 1. The van der Waals surface area contributed by atoms with Gasteiger partial charge in [0.15, 0.2) is 0 Å². The maximum Gasteiger partial charge on any atom is 0.254 e. The highest BCUT2D eigenvalue weighted by Gasteiger charge is 2.24. The molecule has 1 amide bonds. The molecule has 1 aliphatic heterocycles. The fourth-order valence-corrected chi connectivity index (χ4v) is 3.08. The molecule has 6 nitrogen and oxygen atoms in total. The third-order valence-corrected chi connectivity index (χ3v) is 4.54. The second kappa shape index (κ2) is 7.99. The highest BCUT2D eigenvalue weighted by Crippen LogP contribution is 2.18. The second-order valence-corrected chi connectivity index (χ2v) is 7.59. The van der Waals surface area contributed by atoms with Crippen LogP contribution in [0.25, 0.3) is 0 Å². The number of hydrogen-bond acceptors (Lipinski definition) is 5. The molecule has 2 heterocycles. The number of aromatic nitrogens is 2. The van der Waals surface area contributed by atoms with E-state index in [1.54, 1.807) is 32.2 Å². The molecule has 146 valence electrons. The summed E-state index contributed by atoms with van der Waals surface area (Å²) in [6, 6.07) is 7.25. The molecule has 1 saturated heterocycles. The van der Waals surface area contributed by atoms with E-state index in [4.69, 9.17) is 0 Å². The van der Waals surface area contributed by atoms with Crippen LogP contribution >= 0.6 is 0 Å². The Kier molecular flexibility index (Phi) is 5.66. The third-order valence-electron chi connectivity index (χ3n) is 4.54. The van der Waals surface area contributed by atoms with Crippen LogP contribution in [0, 0.1) is 25.7 Å². The maximum atomic E-state index is 12.9. The highest BCUT2D eigenvalue weighted by atomic mass is 16.3. The van der Waals surface area contributed by atoms with Gasteiger partial charge in [0.2, 0.25) is 0 Å². The molecule has 6 heteroatoms. The number of hydrogen-bond donors (Lipinski definition) is 1. The quantitative estimate of drug-likeness (QED) is 0.811. The van der Waals surface area contributed by atoms with Crippen LogP contribution in [-0.2, 0) is 0 Å². The average molecular weight is 378 g/mol. The molecular weight excluding hydrogens is 352 g/mol. The molecule has 1 aromatic carbocycles. The van der Waals surface area contributed by atoms with Crippen molar-refractivity contribution in [3.8, 4) is 11.8 Å². The summed E-state index contributed by atoms with van der Waals surface area (Å²) in [4.78, 5) is 25.9. The molecule has 0 spiro atoms. The normalized spacial score (nSPS) is 14.5. The van der Waals surface area contributed by atoms with E-state index >= 15 is 0 Å². The Morgan fingerprint density at radius 3 is 2.57 bits per heavy atom. The van der Waals surface area contributed by atoms with Gasteiger partial charge in [0.25, 0.3) is 5.91 Å². The van der Waals surface area contributed by atoms with Crippen molar-refractivity contribution in [1.82, 2.24) is 14.9 Å². The number of carbonyl (C=O) groups excluding carboxylic acids is 1. The lowest BCUT2D eigenvalue weighted by molar-refractivity contribution is 0.0746. The van der Waals surface area contributed by atoms with E-state index in [9.17, 15) is 9.90 Å². The number of amides is 1. The minimum Gasteiger partial charge on any atom is -0.378 e. The van der Waals surface area contributed by atoms with Crippen LogP contribution in [0.1, 0.15) is 41.2 Å². The zero-order valence-electron chi connectivity index (χ0n) is 16.9. The highest BCUT2D eigenvalue weighted by molar-refractivity contribution is 5.94. The lowest BCUT2D eigenvalue weighted by Gasteiger charge is -2.36. The summed E-state index contributed by atoms with van der Waals surface area (Å²) < 4.78 is 0. The van der Waals surface area contributed by atoms with Crippen molar-refractivity contribution in [2.24, 2.45) is 0 Å². The van der Waals surface area contributed by atoms with Gasteiger partial charge in [0.1, 0.15) is 11.4 Å².